The van der Waals surface area contributed by atoms with Crippen molar-refractivity contribution in [2.45, 2.75) is 39.4 Å². The maximum Gasteiger partial charge on any atom is 0.127 e. The summed E-state index contributed by atoms with van der Waals surface area (Å²) in [7, 11) is 0. The van der Waals surface area contributed by atoms with Crippen molar-refractivity contribution in [1.29, 1.82) is 0 Å². The van der Waals surface area contributed by atoms with Crippen molar-refractivity contribution in [3.8, 4) is 0 Å². The largest absolute Gasteiger partial charge is 0.308 e. The van der Waals surface area contributed by atoms with Crippen LogP contribution < -0.4 is 5.32 Å². The van der Waals surface area contributed by atoms with Gasteiger partial charge in [0, 0.05) is 37.3 Å². The van der Waals surface area contributed by atoms with E-state index in [2.05, 4.69) is 44.1 Å². The second-order valence-corrected chi connectivity index (χ2v) is 6.30. The highest BCUT2D eigenvalue weighted by atomic mass is 19.1. The molecule has 1 rings (SSSR count). The van der Waals surface area contributed by atoms with Crippen LogP contribution in [0.3, 0.4) is 0 Å². The standard InChI is InChI=1S/C18H27FN2/c1-6-10-21(11-7-2)14-16-12-15(8-9-17(16)19)13-20-18(3,4)5/h6-9,12,20H,1-2,10-11,13-14H2,3-5H3. The number of benzene rings is 1. The van der Waals surface area contributed by atoms with E-state index in [1.54, 1.807) is 6.07 Å². The molecule has 0 spiro atoms. The van der Waals surface area contributed by atoms with Crippen molar-refractivity contribution in [1.82, 2.24) is 10.2 Å². The van der Waals surface area contributed by atoms with Gasteiger partial charge in [-0.15, -0.1) is 13.2 Å². The lowest BCUT2D eigenvalue weighted by Gasteiger charge is -2.22. The zero-order chi connectivity index (χ0) is 15.9. The number of nitrogens with one attached hydrogen (secondary N) is 1. The van der Waals surface area contributed by atoms with E-state index in [1.807, 2.05) is 24.3 Å². The number of hydrogen-bond donors (Lipinski definition) is 1. The highest BCUT2D eigenvalue weighted by molar-refractivity contribution is 5.25. The minimum Gasteiger partial charge on any atom is -0.308 e. The molecule has 0 bridgehead atoms. The number of rotatable bonds is 8. The van der Waals surface area contributed by atoms with Crippen molar-refractivity contribution < 1.29 is 4.39 Å². The van der Waals surface area contributed by atoms with Crippen LogP contribution in [0, 0.1) is 5.82 Å². The van der Waals surface area contributed by atoms with Crippen LogP contribution in [0.2, 0.25) is 0 Å². The van der Waals surface area contributed by atoms with Crippen LogP contribution in [0.5, 0.6) is 0 Å². The predicted molar refractivity (Wildman–Crippen MR) is 88.7 cm³/mol. The molecule has 0 aromatic heterocycles. The molecule has 0 saturated carbocycles. The van der Waals surface area contributed by atoms with E-state index in [1.165, 1.54) is 0 Å². The first-order valence-corrected chi connectivity index (χ1v) is 7.32. The van der Waals surface area contributed by atoms with Gasteiger partial charge in [0.25, 0.3) is 0 Å². The number of hydrogen-bond acceptors (Lipinski definition) is 2. The predicted octanol–water partition coefficient (Wildman–Crippen LogP) is 3.89. The van der Waals surface area contributed by atoms with Gasteiger partial charge >= 0.3 is 0 Å². The average molecular weight is 290 g/mol. The third kappa shape index (κ3) is 6.69. The van der Waals surface area contributed by atoms with Crippen molar-refractivity contribution in [2.75, 3.05) is 13.1 Å². The molecular weight excluding hydrogens is 263 g/mol. The second kappa shape index (κ2) is 8.11. The number of halogens is 1. The van der Waals surface area contributed by atoms with Crippen LogP contribution in [0.1, 0.15) is 31.9 Å². The maximum absolute atomic E-state index is 14.0. The summed E-state index contributed by atoms with van der Waals surface area (Å²) in [5.74, 6) is -0.160. The van der Waals surface area contributed by atoms with E-state index >= 15 is 0 Å². The molecule has 0 unspecified atom stereocenters. The molecule has 0 radical (unpaired) electrons. The van der Waals surface area contributed by atoms with Crippen molar-refractivity contribution >= 4 is 0 Å². The second-order valence-electron chi connectivity index (χ2n) is 6.30. The zero-order valence-electron chi connectivity index (χ0n) is 13.5. The normalized spacial score (nSPS) is 11.7. The summed E-state index contributed by atoms with van der Waals surface area (Å²) in [4.78, 5) is 2.10. The van der Waals surface area contributed by atoms with Crippen LogP contribution in [0.15, 0.2) is 43.5 Å². The van der Waals surface area contributed by atoms with Crippen LogP contribution in [0.25, 0.3) is 0 Å². The van der Waals surface area contributed by atoms with Gasteiger partial charge in [-0.25, -0.2) is 4.39 Å². The fourth-order valence-electron chi connectivity index (χ4n) is 2.04. The molecule has 0 fully saturated rings. The molecule has 0 aliphatic rings. The van der Waals surface area contributed by atoms with E-state index in [0.717, 1.165) is 25.2 Å². The highest BCUT2D eigenvalue weighted by Crippen LogP contribution is 2.14. The van der Waals surface area contributed by atoms with Gasteiger partial charge in [0.1, 0.15) is 5.82 Å². The first-order chi connectivity index (χ1) is 9.85. The van der Waals surface area contributed by atoms with Gasteiger partial charge in [0.15, 0.2) is 0 Å². The van der Waals surface area contributed by atoms with E-state index in [-0.39, 0.29) is 11.4 Å². The first kappa shape index (κ1) is 17.6. The molecule has 3 heteroatoms. The van der Waals surface area contributed by atoms with Crippen molar-refractivity contribution in [3.05, 3.63) is 60.5 Å². The van der Waals surface area contributed by atoms with Crippen molar-refractivity contribution in [2.24, 2.45) is 0 Å². The van der Waals surface area contributed by atoms with Crippen LogP contribution in [-0.2, 0) is 13.1 Å². The Morgan fingerprint density at radius 2 is 1.81 bits per heavy atom. The molecule has 1 N–H and O–H groups in total. The summed E-state index contributed by atoms with van der Waals surface area (Å²) in [6, 6.07) is 5.32. The molecule has 116 valence electrons. The van der Waals surface area contributed by atoms with Gasteiger partial charge in [-0.2, -0.15) is 0 Å². The van der Waals surface area contributed by atoms with Gasteiger partial charge in [0.2, 0.25) is 0 Å². The molecule has 0 aliphatic carbocycles. The minimum atomic E-state index is -0.160. The molecule has 0 atom stereocenters. The molecule has 0 saturated heterocycles. The van der Waals surface area contributed by atoms with E-state index in [4.69, 9.17) is 0 Å². The van der Waals surface area contributed by atoms with Crippen LogP contribution >= 0.6 is 0 Å². The molecule has 0 aliphatic heterocycles. The van der Waals surface area contributed by atoms with Crippen LogP contribution in [-0.4, -0.2) is 23.5 Å². The van der Waals surface area contributed by atoms with E-state index in [9.17, 15) is 4.39 Å². The Bertz CT molecular complexity index is 465. The molecule has 0 heterocycles. The third-order valence-electron chi connectivity index (χ3n) is 3.10. The Labute approximate surface area is 128 Å². The molecular formula is C18H27FN2. The Hall–Kier alpha value is -1.45. The zero-order valence-corrected chi connectivity index (χ0v) is 13.5. The topological polar surface area (TPSA) is 15.3 Å². The summed E-state index contributed by atoms with van der Waals surface area (Å²) in [5, 5.41) is 3.42. The molecule has 1 aromatic carbocycles. The van der Waals surface area contributed by atoms with E-state index < -0.39 is 0 Å². The fraction of sp³-hybridized carbons (Fsp3) is 0.444. The molecule has 0 amide bonds. The number of nitrogens with zero attached hydrogens (tertiary/aromatic N) is 1. The molecule has 1 aromatic rings. The summed E-state index contributed by atoms with van der Waals surface area (Å²) in [5.41, 5.74) is 1.86. The van der Waals surface area contributed by atoms with Crippen molar-refractivity contribution in [3.63, 3.8) is 0 Å². The summed E-state index contributed by atoms with van der Waals surface area (Å²) < 4.78 is 14.0. The smallest absolute Gasteiger partial charge is 0.127 e. The highest BCUT2D eigenvalue weighted by Gasteiger charge is 2.11. The Morgan fingerprint density at radius 3 is 2.33 bits per heavy atom. The molecule has 2 nitrogen and oxygen atoms in total. The Kier molecular flexibility index (Phi) is 6.79. The Morgan fingerprint density at radius 1 is 1.19 bits per heavy atom. The molecule has 21 heavy (non-hydrogen) atoms. The summed E-state index contributed by atoms with van der Waals surface area (Å²) in [6.07, 6.45) is 3.65. The van der Waals surface area contributed by atoms with Gasteiger partial charge in [-0.3, -0.25) is 4.90 Å². The van der Waals surface area contributed by atoms with Gasteiger partial charge < -0.3 is 5.32 Å². The van der Waals surface area contributed by atoms with Gasteiger partial charge in [-0.05, 0) is 32.4 Å². The lowest BCUT2D eigenvalue weighted by Crippen LogP contribution is -2.35. The fourth-order valence-corrected chi connectivity index (χ4v) is 2.04. The quantitative estimate of drug-likeness (QED) is 0.731. The lowest BCUT2D eigenvalue weighted by molar-refractivity contribution is 0.321. The SMILES string of the molecule is C=CCN(CC=C)Cc1cc(CNC(C)(C)C)ccc1F. The van der Waals surface area contributed by atoms with Gasteiger partial charge in [-0.1, -0.05) is 24.3 Å². The van der Waals surface area contributed by atoms with Gasteiger partial charge in [0.05, 0.1) is 0 Å². The lowest BCUT2D eigenvalue weighted by atomic mass is 10.1. The summed E-state index contributed by atoms with van der Waals surface area (Å²) in [6.45, 7) is 16.6. The third-order valence-corrected chi connectivity index (χ3v) is 3.10. The first-order valence-electron chi connectivity index (χ1n) is 7.32. The minimum absolute atomic E-state index is 0.0479. The van der Waals surface area contributed by atoms with E-state index in [0.29, 0.717) is 12.1 Å². The average Bonchev–Trinajstić information content (AvgIpc) is 2.39. The monoisotopic (exact) mass is 290 g/mol. The maximum atomic E-state index is 14.0. The Balaban J connectivity index is 2.80. The van der Waals surface area contributed by atoms with Crippen LogP contribution in [0.4, 0.5) is 4.39 Å². The summed E-state index contributed by atoms with van der Waals surface area (Å²) >= 11 is 0.